The summed E-state index contributed by atoms with van der Waals surface area (Å²) in [5.41, 5.74) is 0.496. The van der Waals surface area contributed by atoms with E-state index in [2.05, 4.69) is 20.9 Å². The van der Waals surface area contributed by atoms with Gasteiger partial charge in [0.25, 0.3) is 11.8 Å². The normalized spacial score (nSPS) is 20.0. The number of rotatable bonds is 5. The largest absolute Gasteiger partial charge is 0.331 e. The molecule has 10 heteroatoms. The Kier molecular flexibility index (Phi) is 4.28. The van der Waals surface area contributed by atoms with Crippen LogP contribution in [0.25, 0.3) is 0 Å². The predicted molar refractivity (Wildman–Crippen MR) is 105 cm³/mol. The summed E-state index contributed by atoms with van der Waals surface area (Å²) in [6.07, 6.45) is 1.57. The highest BCUT2D eigenvalue weighted by molar-refractivity contribution is 6.08. The van der Waals surface area contributed by atoms with E-state index in [0.717, 1.165) is 5.56 Å². The first kappa shape index (κ1) is 18.9. The van der Waals surface area contributed by atoms with Crippen molar-refractivity contribution in [3.63, 3.8) is 0 Å². The van der Waals surface area contributed by atoms with Crippen LogP contribution in [0.4, 0.5) is 9.18 Å². The van der Waals surface area contributed by atoms with Crippen molar-refractivity contribution in [2.75, 3.05) is 6.54 Å². The number of benzene rings is 2. The molecule has 31 heavy (non-hydrogen) atoms. The topological polar surface area (TPSA) is 109 Å². The monoisotopic (exact) mass is 420 g/mol. The standard InChI is InChI=1S/C21H17FN6O3/c22-15-7-6-14-10-27(18(29)16(14)8-15)12-21(19(30)23-20(31)24-21)17-11-28(26-25-17)9-13-4-2-1-3-5-13/h1-8,11H,9-10,12H2,(H2,23,24,30,31)/t21-/m0/s1. The number of carbonyl (C=O) groups is 3. The van der Waals surface area contributed by atoms with Crippen LogP contribution in [0.3, 0.4) is 0 Å². The second kappa shape index (κ2) is 7.01. The lowest BCUT2D eigenvalue weighted by molar-refractivity contribution is -0.125. The van der Waals surface area contributed by atoms with Crippen LogP contribution in [-0.2, 0) is 23.4 Å². The van der Waals surface area contributed by atoms with Gasteiger partial charge in [0.05, 0.1) is 19.3 Å². The zero-order valence-corrected chi connectivity index (χ0v) is 16.2. The molecule has 1 saturated heterocycles. The number of hydrogen-bond acceptors (Lipinski definition) is 5. The third kappa shape index (κ3) is 3.21. The van der Waals surface area contributed by atoms with Gasteiger partial charge in [-0.3, -0.25) is 14.9 Å². The van der Waals surface area contributed by atoms with E-state index < -0.39 is 29.2 Å². The summed E-state index contributed by atoms with van der Waals surface area (Å²) in [5.74, 6) is -1.56. The van der Waals surface area contributed by atoms with Crippen LogP contribution in [0.15, 0.2) is 54.7 Å². The Bertz CT molecular complexity index is 1210. The Hall–Kier alpha value is -4.08. The van der Waals surface area contributed by atoms with E-state index in [0.29, 0.717) is 12.1 Å². The SMILES string of the molecule is O=C1NC(=O)[C@](CN2Cc3ccc(F)cc3C2=O)(c2cn(Cc3ccccc3)nn2)N1. The van der Waals surface area contributed by atoms with Crippen molar-refractivity contribution < 1.29 is 18.8 Å². The van der Waals surface area contributed by atoms with Crippen molar-refractivity contribution in [3.05, 3.63) is 82.9 Å². The summed E-state index contributed by atoms with van der Waals surface area (Å²) in [6, 6.07) is 12.9. The summed E-state index contributed by atoms with van der Waals surface area (Å²) >= 11 is 0. The fourth-order valence-electron chi connectivity index (χ4n) is 3.95. The van der Waals surface area contributed by atoms with Crippen LogP contribution < -0.4 is 10.6 Å². The van der Waals surface area contributed by atoms with Crippen molar-refractivity contribution in [2.45, 2.75) is 18.6 Å². The lowest BCUT2D eigenvalue weighted by Crippen LogP contribution is -2.53. The highest BCUT2D eigenvalue weighted by atomic mass is 19.1. The van der Waals surface area contributed by atoms with Gasteiger partial charge in [-0.2, -0.15) is 0 Å². The van der Waals surface area contributed by atoms with Crippen LogP contribution in [0.2, 0.25) is 0 Å². The van der Waals surface area contributed by atoms with Gasteiger partial charge in [0.1, 0.15) is 11.5 Å². The molecule has 0 aliphatic carbocycles. The molecule has 3 heterocycles. The van der Waals surface area contributed by atoms with E-state index in [1.807, 2.05) is 30.3 Å². The van der Waals surface area contributed by atoms with Crippen molar-refractivity contribution in [1.82, 2.24) is 30.5 Å². The summed E-state index contributed by atoms with van der Waals surface area (Å²) < 4.78 is 15.1. The van der Waals surface area contributed by atoms with E-state index >= 15 is 0 Å². The van der Waals surface area contributed by atoms with Gasteiger partial charge < -0.3 is 10.2 Å². The maximum atomic E-state index is 13.6. The molecule has 0 spiro atoms. The molecule has 0 unspecified atom stereocenters. The number of urea groups is 1. The summed E-state index contributed by atoms with van der Waals surface area (Å²) in [6.45, 7) is 0.452. The van der Waals surface area contributed by atoms with Gasteiger partial charge in [0, 0.05) is 12.1 Å². The van der Waals surface area contributed by atoms with Gasteiger partial charge in [-0.25, -0.2) is 13.9 Å². The van der Waals surface area contributed by atoms with Crippen molar-refractivity contribution in [1.29, 1.82) is 0 Å². The molecule has 0 bridgehead atoms. The minimum Gasteiger partial charge on any atom is -0.331 e. The molecule has 3 aromatic rings. The Morgan fingerprint density at radius 2 is 1.90 bits per heavy atom. The number of amides is 4. The zero-order chi connectivity index (χ0) is 21.6. The highest BCUT2D eigenvalue weighted by Gasteiger charge is 2.52. The number of nitrogens with one attached hydrogen (secondary N) is 2. The summed E-state index contributed by atoms with van der Waals surface area (Å²) in [7, 11) is 0. The molecule has 0 saturated carbocycles. The number of imide groups is 1. The van der Waals surface area contributed by atoms with Crippen LogP contribution in [0.5, 0.6) is 0 Å². The van der Waals surface area contributed by atoms with E-state index in [-0.39, 0.29) is 24.3 Å². The average molecular weight is 420 g/mol. The van der Waals surface area contributed by atoms with E-state index in [1.54, 1.807) is 16.9 Å². The molecule has 2 N–H and O–H groups in total. The minimum atomic E-state index is -1.59. The van der Waals surface area contributed by atoms with E-state index in [4.69, 9.17) is 0 Å². The average Bonchev–Trinajstić information content (AvgIpc) is 3.41. The van der Waals surface area contributed by atoms with Gasteiger partial charge in [-0.1, -0.05) is 41.6 Å². The van der Waals surface area contributed by atoms with Gasteiger partial charge in [0.2, 0.25) is 0 Å². The number of carbonyl (C=O) groups excluding carboxylic acids is 3. The van der Waals surface area contributed by atoms with Crippen molar-refractivity contribution >= 4 is 17.8 Å². The van der Waals surface area contributed by atoms with Gasteiger partial charge in [-0.05, 0) is 23.3 Å². The fraction of sp³-hybridized carbons (Fsp3) is 0.190. The van der Waals surface area contributed by atoms with Crippen molar-refractivity contribution in [2.24, 2.45) is 0 Å². The Morgan fingerprint density at radius 3 is 2.65 bits per heavy atom. The van der Waals surface area contributed by atoms with Crippen LogP contribution in [0.1, 0.15) is 27.2 Å². The minimum absolute atomic E-state index is 0.163. The number of fused-ring (bicyclic) bond motifs is 1. The Balaban J connectivity index is 1.46. The quantitative estimate of drug-likeness (QED) is 0.602. The van der Waals surface area contributed by atoms with Gasteiger partial charge in [-0.15, -0.1) is 5.10 Å². The van der Waals surface area contributed by atoms with Crippen molar-refractivity contribution in [3.8, 4) is 0 Å². The van der Waals surface area contributed by atoms with E-state index in [9.17, 15) is 18.8 Å². The molecule has 9 nitrogen and oxygen atoms in total. The highest BCUT2D eigenvalue weighted by Crippen LogP contribution is 2.30. The maximum absolute atomic E-state index is 13.6. The lowest BCUT2D eigenvalue weighted by Gasteiger charge is -2.28. The summed E-state index contributed by atoms with van der Waals surface area (Å²) in [5, 5.41) is 13.0. The molecule has 1 aromatic heterocycles. The number of aromatic nitrogens is 3. The Labute approximate surface area is 175 Å². The van der Waals surface area contributed by atoms with Gasteiger partial charge >= 0.3 is 6.03 Å². The predicted octanol–water partition coefficient (Wildman–Crippen LogP) is 1.16. The van der Waals surface area contributed by atoms with E-state index in [1.165, 1.54) is 17.0 Å². The van der Waals surface area contributed by atoms with Crippen LogP contribution in [0, 0.1) is 5.82 Å². The van der Waals surface area contributed by atoms with Crippen LogP contribution in [-0.4, -0.2) is 44.3 Å². The molecule has 1 atom stereocenters. The molecule has 4 amide bonds. The fourth-order valence-corrected chi connectivity index (χ4v) is 3.95. The number of hydrogen-bond donors (Lipinski definition) is 2. The van der Waals surface area contributed by atoms with Crippen LogP contribution >= 0.6 is 0 Å². The summed E-state index contributed by atoms with van der Waals surface area (Å²) in [4.78, 5) is 39.0. The second-order valence-electron chi connectivity index (χ2n) is 7.56. The molecule has 2 aliphatic rings. The van der Waals surface area contributed by atoms with Gasteiger partial charge in [0.15, 0.2) is 5.54 Å². The molecule has 0 radical (unpaired) electrons. The molecule has 156 valence electrons. The third-order valence-corrected chi connectivity index (χ3v) is 5.48. The molecule has 5 rings (SSSR count). The Morgan fingerprint density at radius 1 is 1.10 bits per heavy atom. The first-order valence-electron chi connectivity index (χ1n) is 9.60. The lowest BCUT2D eigenvalue weighted by atomic mass is 9.95. The second-order valence-corrected chi connectivity index (χ2v) is 7.56. The molecular weight excluding hydrogens is 403 g/mol. The maximum Gasteiger partial charge on any atom is 0.322 e. The third-order valence-electron chi connectivity index (χ3n) is 5.48. The molecule has 1 fully saturated rings. The first-order chi connectivity index (χ1) is 14.9. The smallest absolute Gasteiger partial charge is 0.322 e. The number of nitrogens with zero attached hydrogens (tertiary/aromatic N) is 4. The number of halogens is 1. The molecule has 2 aliphatic heterocycles. The first-order valence-corrected chi connectivity index (χ1v) is 9.60. The molecular formula is C21H17FN6O3. The molecule has 2 aromatic carbocycles. The zero-order valence-electron chi connectivity index (χ0n) is 16.2.